The largest absolute Gasteiger partial charge is 0.376 e. The molecule has 0 aromatic rings. The number of rotatable bonds is 6. The maximum atomic E-state index is 5.64. The number of hydrogen-bond donors (Lipinski definition) is 0. The highest BCUT2D eigenvalue weighted by atomic mass is 16.5. The molecule has 0 aliphatic carbocycles. The zero-order valence-corrected chi connectivity index (χ0v) is 9.89. The van der Waals surface area contributed by atoms with Crippen molar-refractivity contribution in [2.75, 3.05) is 26.2 Å². The summed E-state index contributed by atoms with van der Waals surface area (Å²) in [5.74, 6) is 0. The molecule has 14 heavy (non-hydrogen) atoms. The van der Waals surface area contributed by atoms with Crippen LogP contribution in [0.4, 0.5) is 0 Å². The van der Waals surface area contributed by atoms with E-state index in [1.54, 1.807) is 0 Å². The average Bonchev–Trinajstić information content (AvgIpc) is 2.03. The molecule has 0 N–H and O–H groups in total. The van der Waals surface area contributed by atoms with E-state index in [0.717, 1.165) is 32.7 Å². The predicted octanol–water partition coefficient (Wildman–Crippen LogP) is 3.17. The van der Waals surface area contributed by atoms with Gasteiger partial charge in [0.05, 0.1) is 5.60 Å². The van der Waals surface area contributed by atoms with Crippen molar-refractivity contribution in [3.8, 4) is 0 Å². The van der Waals surface area contributed by atoms with Gasteiger partial charge in [-0.3, -0.25) is 0 Å². The smallest absolute Gasteiger partial charge is 0.0598 e. The first-order chi connectivity index (χ1) is 5.99. The third-order valence-electron chi connectivity index (χ3n) is 2.05. The van der Waals surface area contributed by atoms with E-state index >= 15 is 0 Å². The Balaban J connectivity index is 0. The monoisotopic (exact) mass is 203 g/mol. The molecular formula is C12H29NO. The van der Waals surface area contributed by atoms with Crippen molar-refractivity contribution in [3.05, 3.63) is 0 Å². The lowest BCUT2D eigenvalue weighted by Gasteiger charge is -2.22. The average molecular weight is 203 g/mol. The number of hydrogen-bond acceptors (Lipinski definition) is 2. The normalized spacial score (nSPS) is 11.6. The summed E-state index contributed by atoms with van der Waals surface area (Å²) in [6.07, 6.45) is 1.14. The van der Waals surface area contributed by atoms with E-state index < -0.39 is 0 Å². The van der Waals surface area contributed by atoms with Crippen molar-refractivity contribution < 1.29 is 4.74 Å². The molecule has 88 valence electrons. The molecule has 0 atom stereocenters. The molecule has 0 bridgehead atoms. The molecule has 0 heterocycles. The lowest BCUT2D eigenvalue weighted by Crippen LogP contribution is -2.26. The number of ether oxygens (including phenoxy) is 1. The first-order valence-electron chi connectivity index (χ1n) is 5.36. The Bertz CT molecular complexity index is 114. The van der Waals surface area contributed by atoms with Gasteiger partial charge in [0, 0.05) is 13.2 Å². The van der Waals surface area contributed by atoms with Gasteiger partial charge in [-0.05, 0) is 40.3 Å². The van der Waals surface area contributed by atoms with Gasteiger partial charge in [0.15, 0.2) is 0 Å². The summed E-state index contributed by atoms with van der Waals surface area (Å²) < 4.78 is 5.64. The van der Waals surface area contributed by atoms with Gasteiger partial charge in [-0.15, -0.1) is 0 Å². The molecule has 0 saturated heterocycles. The van der Waals surface area contributed by atoms with E-state index in [4.69, 9.17) is 4.74 Å². The van der Waals surface area contributed by atoms with Crippen LogP contribution in [0.25, 0.3) is 0 Å². The summed E-state index contributed by atoms with van der Waals surface area (Å²) in [5.41, 5.74) is 0.0171. The van der Waals surface area contributed by atoms with Gasteiger partial charge < -0.3 is 9.64 Å². The highest BCUT2D eigenvalue weighted by Crippen LogP contribution is 2.06. The van der Waals surface area contributed by atoms with Gasteiger partial charge in [-0.25, -0.2) is 0 Å². The van der Waals surface area contributed by atoms with Crippen LogP contribution in [0.5, 0.6) is 0 Å². The van der Waals surface area contributed by atoms with E-state index in [1.165, 1.54) is 0 Å². The van der Waals surface area contributed by atoms with Crippen LogP contribution < -0.4 is 0 Å². The minimum Gasteiger partial charge on any atom is -0.376 e. The van der Waals surface area contributed by atoms with E-state index in [0.29, 0.717) is 0 Å². The molecule has 0 aromatic heterocycles. The van der Waals surface area contributed by atoms with Gasteiger partial charge in [-0.2, -0.15) is 0 Å². The standard InChI is InChI=1S/C11H25NO.CH4/c1-6-12(7-2)9-8-10-13-11(3,4)5;/h6-10H2,1-5H3;1H4. The topological polar surface area (TPSA) is 12.5 Å². The van der Waals surface area contributed by atoms with Gasteiger partial charge >= 0.3 is 0 Å². The second-order valence-corrected chi connectivity index (χ2v) is 4.34. The Labute approximate surface area is 90.6 Å². The first-order valence-corrected chi connectivity index (χ1v) is 5.36. The second kappa shape index (κ2) is 8.25. The molecule has 0 rings (SSSR count). The van der Waals surface area contributed by atoms with Gasteiger partial charge in [0.1, 0.15) is 0 Å². The third-order valence-corrected chi connectivity index (χ3v) is 2.05. The zero-order valence-electron chi connectivity index (χ0n) is 9.89. The number of nitrogens with zero attached hydrogens (tertiary/aromatic N) is 1. The van der Waals surface area contributed by atoms with Crippen LogP contribution in [0.3, 0.4) is 0 Å². The van der Waals surface area contributed by atoms with Crippen molar-refractivity contribution in [3.63, 3.8) is 0 Å². The Morgan fingerprint density at radius 2 is 1.57 bits per heavy atom. The van der Waals surface area contributed by atoms with Gasteiger partial charge in [0.2, 0.25) is 0 Å². The summed E-state index contributed by atoms with van der Waals surface area (Å²) in [5, 5.41) is 0. The van der Waals surface area contributed by atoms with Crippen molar-refractivity contribution in [1.29, 1.82) is 0 Å². The van der Waals surface area contributed by atoms with E-state index in [-0.39, 0.29) is 13.0 Å². The lowest BCUT2D eigenvalue weighted by molar-refractivity contribution is -0.00664. The molecular weight excluding hydrogens is 174 g/mol. The van der Waals surface area contributed by atoms with Gasteiger partial charge in [-0.1, -0.05) is 21.3 Å². The van der Waals surface area contributed by atoms with Crippen LogP contribution >= 0.6 is 0 Å². The molecule has 0 amide bonds. The maximum absolute atomic E-state index is 5.64. The summed E-state index contributed by atoms with van der Waals surface area (Å²) in [4.78, 5) is 2.42. The fourth-order valence-electron chi connectivity index (χ4n) is 1.21. The van der Waals surface area contributed by atoms with E-state index in [2.05, 4.69) is 39.5 Å². The second-order valence-electron chi connectivity index (χ2n) is 4.34. The summed E-state index contributed by atoms with van der Waals surface area (Å²) in [6.45, 7) is 15.0. The SMILES string of the molecule is C.CCN(CC)CCCOC(C)(C)C. The lowest BCUT2D eigenvalue weighted by atomic mass is 10.2. The Hall–Kier alpha value is -0.0800. The highest BCUT2D eigenvalue weighted by Gasteiger charge is 2.09. The molecule has 0 saturated carbocycles. The fourth-order valence-corrected chi connectivity index (χ4v) is 1.21. The molecule has 2 nitrogen and oxygen atoms in total. The molecule has 0 aromatic carbocycles. The van der Waals surface area contributed by atoms with Crippen LogP contribution in [0, 0.1) is 0 Å². The van der Waals surface area contributed by atoms with E-state index in [1.807, 2.05) is 0 Å². The Morgan fingerprint density at radius 3 is 1.93 bits per heavy atom. The fraction of sp³-hybridized carbons (Fsp3) is 1.00. The predicted molar refractivity (Wildman–Crippen MR) is 64.8 cm³/mol. The minimum absolute atomic E-state index is 0. The van der Waals surface area contributed by atoms with E-state index in [9.17, 15) is 0 Å². The molecule has 0 aliphatic heterocycles. The molecule has 0 radical (unpaired) electrons. The quantitative estimate of drug-likeness (QED) is 0.615. The van der Waals surface area contributed by atoms with Crippen LogP contribution in [-0.2, 0) is 4.74 Å². The Kier molecular flexibility index (Phi) is 9.63. The van der Waals surface area contributed by atoms with Gasteiger partial charge in [0.25, 0.3) is 0 Å². The molecule has 2 heteroatoms. The summed E-state index contributed by atoms with van der Waals surface area (Å²) in [6, 6.07) is 0. The van der Waals surface area contributed by atoms with Crippen molar-refractivity contribution in [1.82, 2.24) is 4.90 Å². The zero-order chi connectivity index (χ0) is 10.3. The highest BCUT2D eigenvalue weighted by molar-refractivity contribution is 4.59. The summed E-state index contributed by atoms with van der Waals surface area (Å²) >= 11 is 0. The molecule has 0 fully saturated rings. The third kappa shape index (κ3) is 10.0. The minimum atomic E-state index is 0. The molecule has 0 aliphatic rings. The molecule has 0 unspecified atom stereocenters. The summed E-state index contributed by atoms with van der Waals surface area (Å²) in [7, 11) is 0. The van der Waals surface area contributed by atoms with Crippen LogP contribution in [0.1, 0.15) is 48.5 Å². The van der Waals surface area contributed by atoms with Crippen molar-refractivity contribution >= 4 is 0 Å². The molecule has 0 spiro atoms. The Morgan fingerprint density at radius 1 is 1.07 bits per heavy atom. The maximum Gasteiger partial charge on any atom is 0.0598 e. The van der Waals surface area contributed by atoms with Crippen LogP contribution in [0.2, 0.25) is 0 Å². The van der Waals surface area contributed by atoms with Crippen LogP contribution in [-0.4, -0.2) is 36.7 Å². The van der Waals surface area contributed by atoms with Crippen molar-refractivity contribution in [2.45, 2.75) is 54.1 Å². The first kappa shape index (κ1) is 16.4. The van der Waals surface area contributed by atoms with Crippen LogP contribution in [0.15, 0.2) is 0 Å². The van der Waals surface area contributed by atoms with Crippen molar-refractivity contribution in [2.24, 2.45) is 0 Å².